The van der Waals surface area contributed by atoms with Gasteiger partial charge in [0.2, 0.25) is 0 Å². The van der Waals surface area contributed by atoms with E-state index in [0.29, 0.717) is 5.02 Å². The molecule has 1 fully saturated rings. The maximum Gasteiger partial charge on any atom is 0.319 e. The molecular weight excluding hydrogens is 300 g/mol. The average Bonchev–Trinajstić information content (AvgIpc) is 2.53. The molecule has 1 aromatic heterocycles. The summed E-state index contributed by atoms with van der Waals surface area (Å²) < 4.78 is 0. The molecule has 1 aliphatic heterocycles. The highest BCUT2D eigenvalue weighted by Gasteiger charge is 2.23. The molecule has 2 aromatic rings. The summed E-state index contributed by atoms with van der Waals surface area (Å²) in [5, 5.41) is 1.79. The van der Waals surface area contributed by atoms with E-state index < -0.39 is 0 Å². The molecule has 1 aliphatic rings. The Bertz CT molecular complexity index is 696. The monoisotopic (exact) mass is 318 g/mol. The molecule has 2 amide bonds. The number of amides is 2. The highest BCUT2D eigenvalue weighted by molar-refractivity contribution is 6.31. The van der Waals surface area contributed by atoms with Gasteiger partial charge in [0.15, 0.2) is 0 Å². The molecule has 0 aliphatic carbocycles. The Balaban J connectivity index is 1.81. The average molecular weight is 319 g/mol. The van der Waals surface area contributed by atoms with Gasteiger partial charge in [0.1, 0.15) is 0 Å². The molecule has 22 heavy (non-hydrogen) atoms. The minimum atomic E-state index is 0.0750. The molecule has 0 spiro atoms. The second-order valence-corrected chi connectivity index (χ2v) is 6.08. The number of halogens is 1. The van der Waals surface area contributed by atoms with Gasteiger partial charge < -0.3 is 14.7 Å². The van der Waals surface area contributed by atoms with E-state index in [1.165, 1.54) is 0 Å². The standard InChI is InChI=1S/C16H19ClN4O/c1-19(2)16(22)21-9-7-20(8-10-21)15-5-6-18-14-11-12(17)3-4-13(14)15/h3-6,11H,7-10H2,1-2H3. The minimum Gasteiger partial charge on any atom is -0.367 e. The molecule has 116 valence electrons. The number of fused-ring (bicyclic) bond motifs is 1. The Morgan fingerprint density at radius 1 is 1.18 bits per heavy atom. The number of rotatable bonds is 1. The van der Waals surface area contributed by atoms with Crippen LogP contribution in [0.3, 0.4) is 0 Å². The molecule has 0 radical (unpaired) electrons. The quantitative estimate of drug-likeness (QED) is 0.811. The fourth-order valence-corrected chi connectivity index (χ4v) is 2.97. The molecule has 0 saturated carbocycles. The predicted octanol–water partition coefficient (Wildman–Crippen LogP) is 2.69. The molecule has 1 saturated heterocycles. The fraction of sp³-hybridized carbons (Fsp3) is 0.375. The number of piperazine rings is 1. The van der Waals surface area contributed by atoms with Crippen molar-refractivity contribution in [1.29, 1.82) is 0 Å². The van der Waals surface area contributed by atoms with E-state index in [1.54, 1.807) is 19.0 Å². The van der Waals surface area contributed by atoms with Gasteiger partial charge in [-0.25, -0.2) is 4.79 Å². The third-order valence-corrected chi connectivity index (χ3v) is 4.19. The first-order valence-corrected chi connectivity index (χ1v) is 7.69. The van der Waals surface area contributed by atoms with Gasteiger partial charge in [0.05, 0.1) is 5.52 Å². The second kappa shape index (κ2) is 6.01. The van der Waals surface area contributed by atoms with Crippen LogP contribution in [0, 0.1) is 0 Å². The van der Waals surface area contributed by atoms with Crippen LogP contribution in [0.15, 0.2) is 30.5 Å². The Labute approximate surface area is 135 Å². The number of anilines is 1. The van der Waals surface area contributed by atoms with Crippen molar-refractivity contribution in [2.45, 2.75) is 0 Å². The van der Waals surface area contributed by atoms with Gasteiger partial charge in [-0.3, -0.25) is 4.98 Å². The molecule has 0 N–H and O–H groups in total. The number of pyridine rings is 1. The number of aromatic nitrogens is 1. The summed E-state index contributed by atoms with van der Waals surface area (Å²) in [6.45, 7) is 3.10. The lowest BCUT2D eigenvalue weighted by molar-refractivity contribution is 0.168. The third-order valence-electron chi connectivity index (χ3n) is 3.96. The molecule has 0 atom stereocenters. The van der Waals surface area contributed by atoms with E-state index in [-0.39, 0.29) is 6.03 Å². The van der Waals surface area contributed by atoms with Gasteiger partial charge in [0.25, 0.3) is 0 Å². The Morgan fingerprint density at radius 3 is 2.59 bits per heavy atom. The van der Waals surface area contributed by atoms with Crippen molar-refractivity contribution in [3.63, 3.8) is 0 Å². The van der Waals surface area contributed by atoms with E-state index in [1.807, 2.05) is 35.4 Å². The van der Waals surface area contributed by atoms with Crippen LogP contribution in [-0.2, 0) is 0 Å². The number of hydrogen-bond acceptors (Lipinski definition) is 3. The van der Waals surface area contributed by atoms with Crippen LogP contribution in [0.5, 0.6) is 0 Å². The smallest absolute Gasteiger partial charge is 0.319 e. The zero-order chi connectivity index (χ0) is 15.7. The molecule has 6 heteroatoms. The van der Waals surface area contributed by atoms with E-state index in [2.05, 4.69) is 9.88 Å². The van der Waals surface area contributed by atoms with Crippen molar-refractivity contribution in [1.82, 2.24) is 14.8 Å². The second-order valence-electron chi connectivity index (χ2n) is 5.64. The lowest BCUT2D eigenvalue weighted by Crippen LogP contribution is -2.51. The third kappa shape index (κ3) is 2.81. The molecule has 1 aromatic carbocycles. The van der Waals surface area contributed by atoms with E-state index >= 15 is 0 Å². The maximum atomic E-state index is 12.0. The van der Waals surface area contributed by atoms with Crippen LogP contribution in [0.4, 0.5) is 10.5 Å². The minimum absolute atomic E-state index is 0.0750. The summed E-state index contributed by atoms with van der Waals surface area (Å²) in [6, 6.07) is 7.88. The number of nitrogens with zero attached hydrogens (tertiary/aromatic N) is 4. The number of carbonyl (C=O) groups is 1. The Hall–Kier alpha value is -2.01. The molecular formula is C16H19ClN4O. The number of benzene rings is 1. The zero-order valence-electron chi connectivity index (χ0n) is 12.8. The van der Waals surface area contributed by atoms with E-state index in [4.69, 9.17) is 11.6 Å². The Morgan fingerprint density at radius 2 is 1.91 bits per heavy atom. The van der Waals surface area contributed by atoms with Crippen LogP contribution < -0.4 is 4.90 Å². The van der Waals surface area contributed by atoms with Gasteiger partial charge in [0, 0.05) is 62.6 Å². The molecule has 3 rings (SSSR count). The summed E-state index contributed by atoms with van der Waals surface area (Å²) in [7, 11) is 3.57. The first-order chi connectivity index (χ1) is 10.6. The van der Waals surface area contributed by atoms with E-state index in [0.717, 1.165) is 42.8 Å². The predicted molar refractivity (Wildman–Crippen MR) is 89.6 cm³/mol. The Kier molecular flexibility index (Phi) is 4.07. The van der Waals surface area contributed by atoms with Crippen molar-refractivity contribution < 1.29 is 4.79 Å². The van der Waals surface area contributed by atoms with E-state index in [9.17, 15) is 4.79 Å². The summed E-state index contributed by atoms with van der Waals surface area (Å²) in [6.07, 6.45) is 1.81. The van der Waals surface area contributed by atoms with Crippen LogP contribution in [0.25, 0.3) is 10.9 Å². The van der Waals surface area contributed by atoms with Crippen molar-refractivity contribution >= 4 is 34.2 Å². The summed E-state index contributed by atoms with van der Waals surface area (Å²) in [5.74, 6) is 0. The first kappa shape index (κ1) is 14.9. The van der Waals surface area contributed by atoms with Crippen LogP contribution >= 0.6 is 11.6 Å². The van der Waals surface area contributed by atoms with Gasteiger partial charge in [-0.1, -0.05) is 11.6 Å². The fourth-order valence-electron chi connectivity index (χ4n) is 2.80. The van der Waals surface area contributed by atoms with Crippen molar-refractivity contribution in [3.8, 4) is 0 Å². The summed E-state index contributed by atoms with van der Waals surface area (Å²) in [5.41, 5.74) is 2.05. The highest BCUT2D eigenvalue weighted by atomic mass is 35.5. The molecule has 2 heterocycles. The summed E-state index contributed by atoms with van der Waals surface area (Å²) in [4.78, 5) is 22.2. The van der Waals surface area contributed by atoms with Gasteiger partial charge >= 0.3 is 6.03 Å². The maximum absolute atomic E-state index is 12.0. The molecule has 5 nitrogen and oxygen atoms in total. The zero-order valence-corrected chi connectivity index (χ0v) is 13.5. The number of urea groups is 1. The van der Waals surface area contributed by atoms with Crippen LogP contribution in [0.2, 0.25) is 5.02 Å². The topological polar surface area (TPSA) is 39.7 Å². The molecule has 0 bridgehead atoms. The van der Waals surface area contributed by atoms with Gasteiger partial charge in [-0.05, 0) is 24.3 Å². The van der Waals surface area contributed by atoms with Crippen LogP contribution in [-0.4, -0.2) is 61.1 Å². The normalized spacial score (nSPS) is 15.2. The van der Waals surface area contributed by atoms with Crippen LogP contribution in [0.1, 0.15) is 0 Å². The van der Waals surface area contributed by atoms with Gasteiger partial charge in [-0.15, -0.1) is 0 Å². The largest absolute Gasteiger partial charge is 0.367 e. The lowest BCUT2D eigenvalue weighted by atomic mass is 10.1. The van der Waals surface area contributed by atoms with Gasteiger partial charge in [-0.2, -0.15) is 0 Å². The molecule has 0 unspecified atom stereocenters. The number of carbonyl (C=O) groups excluding carboxylic acids is 1. The van der Waals surface area contributed by atoms with Crippen molar-refractivity contribution in [2.75, 3.05) is 45.2 Å². The number of hydrogen-bond donors (Lipinski definition) is 0. The highest BCUT2D eigenvalue weighted by Crippen LogP contribution is 2.28. The summed E-state index contributed by atoms with van der Waals surface area (Å²) >= 11 is 6.04. The first-order valence-electron chi connectivity index (χ1n) is 7.32. The SMILES string of the molecule is CN(C)C(=O)N1CCN(c2ccnc3cc(Cl)ccc23)CC1. The van der Waals surface area contributed by atoms with Crippen molar-refractivity contribution in [3.05, 3.63) is 35.5 Å². The lowest BCUT2D eigenvalue weighted by Gasteiger charge is -2.37. The van der Waals surface area contributed by atoms with Crippen molar-refractivity contribution in [2.24, 2.45) is 0 Å².